The van der Waals surface area contributed by atoms with Crippen molar-refractivity contribution in [2.45, 2.75) is 85.2 Å². The Kier molecular flexibility index (Phi) is 12.4. The molecule has 0 aromatic heterocycles. The Bertz CT molecular complexity index is 1470. The first-order chi connectivity index (χ1) is 21.0. The molecule has 0 atom stereocenters. The third-order valence-corrected chi connectivity index (χ3v) is 7.86. The Morgan fingerprint density at radius 2 is 1.80 bits per heavy atom. The largest absolute Gasteiger partial charge is 0.493 e. The van der Waals surface area contributed by atoms with Crippen molar-refractivity contribution in [3.05, 3.63) is 51.8 Å². The fourth-order valence-electron chi connectivity index (χ4n) is 5.68. The van der Waals surface area contributed by atoms with E-state index >= 15 is 4.39 Å². The van der Waals surface area contributed by atoms with Crippen LogP contribution in [0.1, 0.15) is 99.3 Å². The minimum absolute atomic E-state index is 0. The number of halogens is 2. The van der Waals surface area contributed by atoms with E-state index in [2.05, 4.69) is 6.07 Å². The molecule has 9 nitrogen and oxygen atoms in total. The van der Waals surface area contributed by atoms with Crippen LogP contribution >= 0.6 is 17.0 Å². The lowest BCUT2D eigenvalue weighted by atomic mass is 9.83. The van der Waals surface area contributed by atoms with E-state index in [4.69, 9.17) is 24.9 Å². The van der Waals surface area contributed by atoms with Gasteiger partial charge in [0.2, 0.25) is 5.91 Å². The summed E-state index contributed by atoms with van der Waals surface area (Å²) in [7, 11) is 0. The number of ether oxygens (including phenoxy) is 3. The summed E-state index contributed by atoms with van der Waals surface area (Å²) in [6, 6.07) is 7.44. The average molecular weight is 688 g/mol. The number of piperidine rings is 1. The number of carbonyl (C=O) groups excluding carboxylic acids is 2. The van der Waals surface area contributed by atoms with Gasteiger partial charge in [-0.15, -0.1) is 17.0 Å². The number of amidine groups is 1. The van der Waals surface area contributed by atoms with Crippen LogP contribution in [0.15, 0.2) is 18.2 Å². The van der Waals surface area contributed by atoms with Gasteiger partial charge in [0.15, 0.2) is 23.1 Å². The van der Waals surface area contributed by atoms with Crippen LogP contribution in [0, 0.1) is 22.6 Å². The molecule has 0 saturated carbocycles. The second-order valence-corrected chi connectivity index (χ2v) is 12.2. The minimum Gasteiger partial charge on any atom is -0.493 e. The maximum Gasteiger partial charge on any atom is 0.222 e. The lowest BCUT2D eigenvalue weighted by molar-refractivity contribution is -0.133. The normalized spacial score (nSPS) is 14.5. The number of fused-ring (bicyclic) bond motifs is 1. The van der Waals surface area contributed by atoms with Crippen molar-refractivity contribution >= 4 is 34.5 Å². The number of ketones is 1. The number of nitriles is 1. The second-order valence-electron chi connectivity index (χ2n) is 12.2. The number of rotatable bonds is 13. The lowest BCUT2D eigenvalue weighted by Crippen LogP contribution is -2.35. The van der Waals surface area contributed by atoms with E-state index in [0.717, 1.165) is 24.0 Å². The van der Waals surface area contributed by atoms with Crippen molar-refractivity contribution in [1.29, 1.82) is 10.7 Å². The van der Waals surface area contributed by atoms with Crippen molar-refractivity contribution in [2.24, 2.45) is 0 Å². The third kappa shape index (κ3) is 8.15. The molecule has 2 aromatic carbocycles. The Labute approximate surface area is 275 Å². The summed E-state index contributed by atoms with van der Waals surface area (Å²) >= 11 is 0. The summed E-state index contributed by atoms with van der Waals surface area (Å²) in [4.78, 5) is 30.0. The second kappa shape index (κ2) is 15.6. The highest BCUT2D eigenvalue weighted by Crippen LogP contribution is 2.40. The number of Topliss-reactive ketones (excluding diaryl/α,β-unsaturated/α-hetero) is 1. The van der Waals surface area contributed by atoms with Gasteiger partial charge in [0.05, 0.1) is 38.0 Å². The Morgan fingerprint density at radius 1 is 1.07 bits per heavy atom. The molecule has 1 fully saturated rings. The van der Waals surface area contributed by atoms with Crippen LogP contribution in [0.25, 0.3) is 0 Å². The van der Waals surface area contributed by atoms with Crippen molar-refractivity contribution in [3.8, 4) is 23.3 Å². The number of unbranched alkanes of at least 4 members (excludes halogenated alkanes) is 1. The summed E-state index contributed by atoms with van der Waals surface area (Å²) in [5.41, 5.74) is 2.29. The Balaban J connectivity index is 0.00000552. The van der Waals surface area contributed by atoms with Crippen LogP contribution in [0.2, 0.25) is 0 Å². The number of nitrogens with one attached hydrogen (secondary N) is 1. The lowest BCUT2D eigenvalue weighted by Gasteiger charge is -2.30. The van der Waals surface area contributed by atoms with Crippen LogP contribution < -0.4 is 14.2 Å². The van der Waals surface area contributed by atoms with Gasteiger partial charge in [-0.3, -0.25) is 15.0 Å². The van der Waals surface area contributed by atoms with Gasteiger partial charge in [0, 0.05) is 49.2 Å². The van der Waals surface area contributed by atoms with Gasteiger partial charge >= 0.3 is 0 Å². The van der Waals surface area contributed by atoms with Gasteiger partial charge < -0.3 is 24.0 Å². The van der Waals surface area contributed by atoms with Crippen LogP contribution in [0.5, 0.6) is 17.2 Å². The molecule has 2 aliphatic heterocycles. The van der Waals surface area contributed by atoms with Crippen LogP contribution in [0.4, 0.5) is 4.39 Å². The first-order valence-corrected chi connectivity index (χ1v) is 15.4. The molecule has 1 amide bonds. The first-order valence-electron chi connectivity index (χ1n) is 15.4. The molecule has 1 saturated heterocycles. The molecular weight excluding hydrogens is 643 g/mol. The number of amides is 1. The van der Waals surface area contributed by atoms with Crippen LogP contribution in [-0.2, 0) is 23.3 Å². The zero-order valence-electron chi connectivity index (χ0n) is 26.9. The quantitative estimate of drug-likeness (QED) is 0.184. The van der Waals surface area contributed by atoms with Crippen LogP contribution in [-0.4, -0.2) is 60.2 Å². The highest BCUT2D eigenvalue weighted by atomic mass is 79.9. The summed E-state index contributed by atoms with van der Waals surface area (Å²) in [6.07, 6.45) is 3.20. The molecule has 0 aliphatic carbocycles. The SMILES string of the molecule is Br.CCOc1cc2c(c(F)c1OCC)C(=N)N(CC(=O)c1cc(CN3CCCCC3=O)c(OCCCC#N)c(C(C)(C)C)c1)C2. The monoisotopic (exact) mass is 686 g/mol. The van der Waals surface area contributed by atoms with Crippen molar-refractivity contribution < 1.29 is 28.2 Å². The molecular formula is C34H44BrFN4O5. The standard InChI is InChI=1S/C34H43FN4O5.BrH/c1-6-42-27-18-23-19-39(33(37)29(23)30(35)32(27)43-7-2)21-26(40)22-16-24(20-38-14-10-8-12-28(38)41)31(44-15-11-9-13-36)25(17-22)34(3,4)5;/h16-18,37H,6-12,14-15,19-21H2,1-5H3;1H. The van der Waals surface area contributed by atoms with Gasteiger partial charge in [0.25, 0.3) is 0 Å². The number of nitrogens with zero attached hydrogens (tertiary/aromatic N) is 3. The van der Waals surface area contributed by atoms with E-state index < -0.39 is 11.2 Å². The number of hydrogen-bond acceptors (Lipinski definition) is 7. The molecule has 45 heavy (non-hydrogen) atoms. The fourth-order valence-corrected chi connectivity index (χ4v) is 5.68. The van der Waals surface area contributed by atoms with Gasteiger partial charge in [0.1, 0.15) is 11.6 Å². The number of carbonyl (C=O) groups is 2. The molecule has 0 spiro atoms. The third-order valence-electron chi connectivity index (χ3n) is 7.86. The molecule has 0 bridgehead atoms. The smallest absolute Gasteiger partial charge is 0.222 e. The van der Waals surface area contributed by atoms with Crippen LogP contribution in [0.3, 0.4) is 0 Å². The Morgan fingerprint density at radius 3 is 2.44 bits per heavy atom. The molecule has 2 aromatic rings. The summed E-state index contributed by atoms with van der Waals surface area (Å²) in [6.45, 7) is 11.6. The van der Waals surface area contributed by atoms with E-state index in [0.29, 0.717) is 62.4 Å². The minimum atomic E-state index is -0.658. The average Bonchev–Trinajstić information content (AvgIpc) is 3.28. The van der Waals surface area contributed by atoms with E-state index in [-0.39, 0.29) is 71.3 Å². The van der Waals surface area contributed by atoms with Gasteiger partial charge in [-0.05, 0) is 62.3 Å². The number of hydrogen-bond donors (Lipinski definition) is 1. The van der Waals surface area contributed by atoms with E-state index in [1.54, 1.807) is 30.9 Å². The maximum atomic E-state index is 15.6. The van der Waals surface area contributed by atoms with E-state index in [1.165, 1.54) is 0 Å². The zero-order chi connectivity index (χ0) is 32.0. The van der Waals surface area contributed by atoms with Gasteiger partial charge in [-0.2, -0.15) is 5.26 Å². The van der Waals surface area contributed by atoms with Crippen molar-refractivity contribution in [1.82, 2.24) is 9.80 Å². The van der Waals surface area contributed by atoms with Crippen molar-refractivity contribution in [2.75, 3.05) is 32.9 Å². The molecule has 11 heteroatoms. The predicted molar refractivity (Wildman–Crippen MR) is 175 cm³/mol. The first kappa shape index (κ1) is 35.8. The molecule has 2 heterocycles. The molecule has 2 aliphatic rings. The van der Waals surface area contributed by atoms with E-state index in [9.17, 15) is 9.59 Å². The van der Waals surface area contributed by atoms with Gasteiger partial charge in [-0.25, -0.2) is 4.39 Å². The zero-order valence-corrected chi connectivity index (χ0v) is 28.6. The predicted octanol–water partition coefficient (Wildman–Crippen LogP) is 6.72. The van der Waals surface area contributed by atoms with E-state index in [1.807, 2.05) is 31.7 Å². The highest BCUT2D eigenvalue weighted by Gasteiger charge is 2.34. The highest BCUT2D eigenvalue weighted by molar-refractivity contribution is 8.93. The molecule has 0 radical (unpaired) electrons. The molecule has 1 N–H and O–H groups in total. The summed E-state index contributed by atoms with van der Waals surface area (Å²) < 4.78 is 33.0. The molecule has 244 valence electrons. The summed E-state index contributed by atoms with van der Waals surface area (Å²) in [5.74, 6) is -0.00120. The Hall–Kier alpha value is -3.65. The van der Waals surface area contributed by atoms with Crippen molar-refractivity contribution in [3.63, 3.8) is 0 Å². The topological polar surface area (TPSA) is 116 Å². The fraction of sp³-hybridized carbons (Fsp3) is 0.529. The maximum absolute atomic E-state index is 15.6. The molecule has 0 unspecified atom stereocenters. The number of benzene rings is 2. The van der Waals surface area contributed by atoms with Gasteiger partial charge in [-0.1, -0.05) is 20.8 Å². The molecule has 4 rings (SSSR count). The summed E-state index contributed by atoms with van der Waals surface area (Å²) in [5, 5.41) is 17.7. The number of likely N-dealkylation sites (tertiary alicyclic amines) is 1.